The van der Waals surface area contributed by atoms with E-state index in [0.717, 1.165) is 17.7 Å². The number of hydrazine groups is 1. The van der Waals surface area contributed by atoms with Crippen LogP contribution in [0, 0.1) is 5.82 Å². The highest BCUT2D eigenvalue weighted by Gasteiger charge is 2.49. The molecule has 0 bridgehead atoms. The largest absolute Gasteiger partial charge is 0.493 e. The number of urea groups is 1. The van der Waals surface area contributed by atoms with Crippen molar-refractivity contribution < 1.29 is 33.0 Å². The van der Waals surface area contributed by atoms with Crippen molar-refractivity contribution in [1.29, 1.82) is 0 Å². The number of hydrogen-bond acceptors (Lipinski definition) is 6. The SMILES string of the molecule is CCCCOc1ccc(C(=O)NNC(=O)CN2C(=O)NC(C)(c3ccc(F)cc3)C2=O)cc1OC. The molecule has 11 heteroatoms. The van der Waals surface area contributed by atoms with Gasteiger partial charge in [0.2, 0.25) is 0 Å². The number of halogens is 1. The summed E-state index contributed by atoms with van der Waals surface area (Å²) in [5.74, 6) is -1.75. The first-order valence-corrected chi connectivity index (χ1v) is 11.0. The first kappa shape index (κ1) is 25.5. The number of imide groups is 1. The van der Waals surface area contributed by atoms with E-state index in [2.05, 4.69) is 16.2 Å². The van der Waals surface area contributed by atoms with Crippen molar-refractivity contribution >= 4 is 23.8 Å². The summed E-state index contributed by atoms with van der Waals surface area (Å²) in [5.41, 5.74) is 3.53. The summed E-state index contributed by atoms with van der Waals surface area (Å²) in [6, 6.07) is 8.89. The molecule has 1 aliphatic rings. The highest BCUT2D eigenvalue weighted by Crippen LogP contribution is 2.29. The Balaban J connectivity index is 1.59. The van der Waals surface area contributed by atoms with Gasteiger partial charge in [0.1, 0.15) is 17.9 Å². The number of amides is 5. The smallest absolute Gasteiger partial charge is 0.325 e. The van der Waals surface area contributed by atoms with Gasteiger partial charge < -0.3 is 14.8 Å². The van der Waals surface area contributed by atoms with Crippen LogP contribution < -0.4 is 25.6 Å². The van der Waals surface area contributed by atoms with Gasteiger partial charge in [0.05, 0.1) is 13.7 Å². The van der Waals surface area contributed by atoms with Crippen molar-refractivity contribution in [1.82, 2.24) is 21.1 Å². The number of rotatable bonds is 9. The molecule has 1 fully saturated rings. The number of hydrogen-bond donors (Lipinski definition) is 3. The van der Waals surface area contributed by atoms with Crippen LogP contribution >= 0.6 is 0 Å². The molecule has 1 unspecified atom stereocenters. The van der Waals surface area contributed by atoms with Gasteiger partial charge in [0.15, 0.2) is 11.5 Å². The third-order valence-electron chi connectivity index (χ3n) is 5.49. The number of benzene rings is 2. The molecule has 1 heterocycles. The second-order valence-electron chi connectivity index (χ2n) is 8.02. The highest BCUT2D eigenvalue weighted by molar-refractivity contribution is 6.09. The molecule has 0 saturated carbocycles. The minimum atomic E-state index is -1.45. The summed E-state index contributed by atoms with van der Waals surface area (Å²) >= 11 is 0. The Kier molecular flexibility index (Phi) is 7.90. The van der Waals surface area contributed by atoms with Crippen LogP contribution in [0.2, 0.25) is 0 Å². The van der Waals surface area contributed by atoms with Crippen molar-refractivity contribution in [2.24, 2.45) is 0 Å². The fourth-order valence-electron chi connectivity index (χ4n) is 3.46. The maximum Gasteiger partial charge on any atom is 0.325 e. The molecule has 0 aromatic heterocycles. The second kappa shape index (κ2) is 10.9. The van der Waals surface area contributed by atoms with E-state index in [1.54, 1.807) is 6.07 Å². The average Bonchev–Trinajstić information content (AvgIpc) is 3.06. The zero-order valence-electron chi connectivity index (χ0n) is 19.6. The lowest BCUT2D eigenvalue weighted by atomic mass is 9.92. The maximum absolute atomic E-state index is 13.2. The summed E-state index contributed by atoms with van der Waals surface area (Å²) in [6.07, 6.45) is 1.84. The van der Waals surface area contributed by atoms with E-state index in [1.807, 2.05) is 6.92 Å². The maximum atomic E-state index is 13.2. The zero-order valence-corrected chi connectivity index (χ0v) is 19.6. The molecule has 35 heavy (non-hydrogen) atoms. The number of nitrogens with zero attached hydrogens (tertiary/aromatic N) is 1. The monoisotopic (exact) mass is 486 g/mol. The molecular formula is C24H27FN4O6. The normalized spacial score (nSPS) is 17.1. The zero-order chi connectivity index (χ0) is 25.6. The Morgan fingerprint density at radius 3 is 2.46 bits per heavy atom. The second-order valence-corrected chi connectivity index (χ2v) is 8.02. The van der Waals surface area contributed by atoms with Gasteiger partial charge in [-0.2, -0.15) is 0 Å². The molecule has 5 amide bonds. The Morgan fingerprint density at radius 2 is 1.80 bits per heavy atom. The van der Waals surface area contributed by atoms with Gasteiger partial charge in [0, 0.05) is 5.56 Å². The van der Waals surface area contributed by atoms with Crippen molar-refractivity contribution in [3.8, 4) is 11.5 Å². The van der Waals surface area contributed by atoms with Gasteiger partial charge in [-0.25, -0.2) is 9.18 Å². The van der Waals surface area contributed by atoms with Crippen LogP contribution in [0.1, 0.15) is 42.6 Å². The molecule has 1 aliphatic heterocycles. The molecule has 2 aromatic carbocycles. The van der Waals surface area contributed by atoms with E-state index in [1.165, 1.54) is 50.4 Å². The first-order chi connectivity index (χ1) is 16.7. The summed E-state index contributed by atoms with van der Waals surface area (Å²) in [5, 5.41) is 2.52. The third kappa shape index (κ3) is 5.68. The van der Waals surface area contributed by atoms with Crippen LogP contribution in [-0.2, 0) is 15.1 Å². The van der Waals surface area contributed by atoms with E-state index in [-0.39, 0.29) is 5.56 Å². The van der Waals surface area contributed by atoms with Gasteiger partial charge in [-0.05, 0) is 49.2 Å². The summed E-state index contributed by atoms with van der Waals surface area (Å²) < 4.78 is 24.1. The number of unbranched alkanes of at least 4 members (excludes halogenated alkanes) is 1. The van der Waals surface area contributed by atoms with Crippen LogP contribution in [0.5, 0.6) is 11.5 Å². The molecule has 2 aromatic rings. The van der Waals surface area contributed by atoms with Crippen LogP contribution in [-0.4, -0.2) is 48.9 Å². The predicted molar refractivity (Wildman–Crippen MR) is 123 cm³/mol. The highest BCUT2D eigenvalue weighted by atomic mass is 19.1. The quantitative estimate of drug-likeness (QED) is 0.284. The van der Waals surface area contributed by atoms with Crippen LogP contribution in [0.25, 0.3) is 0 Å². The molecule has 3 rings (SSSR count). The fourth-order valence-corrected chi connectivity index (χ4v) is 3.46. The average molecular weight is 487 g/mol. The number of carbonyl (C=O) groups is 4. The van der Waals surface area contributed by atoms with Crippen LogP contribution in [0.4, 0.5) is 9.18 Å². The lowest BCUT2D eigenvalue weighted by molar-refractivity contribution is -0.135. The third-order valence-corrected chi connectivity index (χ3v) is 5.49. The molecule has 3 N–H and O–H groups in total. The van der Waals surface area contributed by atoms with Crippen LogP contribution in [0.15, 0.2) is 42.5 Å². The lowest BCUT2D eigenvalue weighted by Gasteiger charge is -2.22. The predicted octanol–water partition coefficient (Wildman–Crippen LogP) is 2.24. The Bertz CT molecular complexity index is 1120. The summed E-state index contributed by atoms with van der Waals surface area (Å²) in [6.45, 7) is 3.38. The van der Waals surface area contributed by atoms with Crippen molar-refractivity contribution in [2.45, 2.75) is 32.2 Å². The van der Waals surface area contributed by atoms with Crippen molar-refractivity contribution in [2.75, 3.05) is 20.3 Å². The number of nitrogens with one attached hydrogen (secondary N) is 3. The van der Waals surface area contributed by atoms with Gasteiger partial charge in [-0.1, -0.05) is 25.5 Å². The topological polar surface area (TPSA) is 126 Å². The number of methoxy groups -OCH3 is 1. The van der Waals surface area contributed by atoms with E-state index in [4.69, 9.17) is 9.47 Å². The minimum absolute atomic E-state index is 0.198. The standard InChI is InChI=1S/C24H27FN4O6/c1-4-5-12-35-18-11-6-15(13-19(18)34-3)21(31)28-27-20(30)14-29-22(32)24(2,26-23(29)33)16-7-9-17(25)10-8-16/h6-11,13H,4-5,12,14H2,1-3H3,(H,26,33)(H,27,30)(H,28,31). The summed E-state index contributed by atoms with van der Waals surface area (Å²) in [7, 11) is 1.45. The van der Waals surface area contributed by atoms with E-state index in [9.17, 15) is 23.6 Å². The molecule has 0 spiro atoms. The number of ether oxygens (including phenoxy) is 2. The molecule has 186 valence electrons. The van der Waals surface area contributed by atoms with Gasteiger partial charge in [-0.3, -0.25) is 30.1 Å². The molecular weight excluding hydrogens is 459 g/mol. The molecule has 0 aliphatic carbocycles. The Labute approximate surface area is 201 Å². The molecule has 1 saturated heterocycles. The van der Waals surface area contributed by atoms with Crippen molar-refractivity contribution in [3.05, 3.63) is 59.4 Å². The minimum Gasteiger partial charge on any atom is -0.493 e. The van der Waals surface area contributed by atoms with E-state index >= 15 is 0 Å². The fraction of sp³-hybridized carbons (Fsp3) is 0.333. The Hall–Kier alpha value is -4.15. The summed E-state index contributed by atoms with van der Waals surface area (Å²) in [4.78, 5) is 50.8. The van der Waals surface area contributed by atoms with Gasteiger partial charge >= 0.3 is 6.03 Å². The molecule has 0 radical (unpaired) electrons. The lowest BCUT2D eigenvalue weighted by Crippen LogP contribution is -2.48. The molecule has 1 atom stereocenters. The Morgan fingerprint density at radius 1 is 1.09 bits per heavy atom. The molecule has 10 nitrogen and oxygen atoms in total. The van der Waals surface area contributed by atoms with Gasteiger partial charge in [0.25, 0.3) is 17.7 Å². The van der Waals surface area contributed by atoms with Gasteiger partial charge in [-0.15, -0.1) is 0 Å². The van der Waals surface area contributed by atoms with Crippen molar-refractivity contribution in [3.63, 3.8) is 0 Å². The van der Waals surface area contributed by atoms with E-state index < -0.39 is 41.7 Å². The number of carbonyl (C=O) groups excluding carboxylic acids is 4. The van der Waals surface area contributed by atoms with Crippen LogP contribution in [0.3, 0.4) is 0 Å². The van der Waals surface area contributed by atoms with E-state index in [0.29, 0.717) is 23.7 Å². The first-order valence-electron chi connectivity index (χ1n) is 11.0.